The summed E-state index contributed by atoms with van der Waals surface area (Å²) in [5, 5.41) is 4.45. The van der Waals surface area contributed by atoms with Crippen LogP contribution in [0.2, 0.25) is 5.02 Å². The van der Waals surface area contributed by atoms with E-state index in [1.165, 1.54) is 16.8 Å². The number of aromatic nitrogens is 4. The molecule has 2 aromatic carbocycles. The van der Waals surface area contributed by atoms with E-state index in [4.69, 9.17) is 16.3 Å². The largest absolute Gasteiger partial charge is 0.439 e. The van der Waals surface area contributed by atoms with Gasteiger partial charge in [0.2, 0.25) is 5.88 Å². The van der Waals surface area contributed by atoms with Crippen molar-refractivity contribution in [1.82, 2.24) is 19.7 Å². The normalized spacial score (nSPS) is 11.6. The zero-order valence-corrected chi connectivity index (χ0v) is 17.5. The number of alkyl halides is 3. The molecule has 4 rings (SSSR count). The molecule has 0 unspecified atom stereocenters. The predicted molar refractivity (Wildman–Crippen MR) is 111 cm³/mol. The number of hydrogen-bond acceptors (Lipinski definition) is 4. The highest BCUT2D eigenvalue weighted by atomic mass is 35.5. The minimum Gasteiger partial charge on any atom is -0.439 e. The van der Waals surface area contributed by atoms with Crippen molar-refractivity contribution in [3.05, 3.63) is 76.7 Å². The SMILES string of the molecule is Cc1ccc(-c2nc(-c3c(F)cccc3Cl)nn2C)cc1Oc1ccc(C(F)(F)F)cn1. The van der Waals surface area contributed by atoms with Gasteiger partial charge < -0.3 is 4.74 Å². The molecule has 0 saturated carbocycles. The number of aryl methyl sites for hydroxylation is 2. The van der Waals surface area contributed by atoms with Crippen LogP contribution in [0.4, 0.5) is 17.6 Å². The van der Waals surface area contributed by atoms with E-state index in [1.54, 1.807) is 38.2 Å². The van der Waals surface area contributed by atoms with E-state index in [9.17, 15) is 17.6 Å². The molecule has 0 aliphatic carbocycles. The Hall–Kier alpha value is -3.46. The van der Waals surface area contributed by atoms with Crippen LogP contribution in [0.1, 0.15) is 11.1 Å². The van der Waals surface area contributed by atoms with Crippen molar-refractivity contribution in [2.24, 2.45) is 7.05 Å². The molecule has 4 aromatic rings. The molecule has 32 heavy (non-hydrogen) atoms. The lowest BCUT2D eigenvalue weighted by Crippen LogP contribution is -2.05. The summed E-state index contributed by atoms with van der Waals surface area (Å²) in [5.41, 5.74) is 0.559. The fourth-order valence-corrected chi connectivity index (χ4v) is 3.27. The first-order valence-corrected chi connectivity index (χ1v) is 9.69. The Morgan fingerprint density at radius 3 is 2.50 bits per heavy atom. The molecule has 0 fully saturated rings. The fraction of sp³-hybridized carbons (Fsp3) is 0.136. The maximum atomic E-state index is 14.3. The minimum absolute atomic E-state index is 0.00930. The summed E-state index contributed by atoms with van der Waals surface area (Å²) in [5.74, 6) is 0.386. The highest BCUT2D eigenvalue weighted by molar-refractivity contribution is 6.33. The van der Waals surface area contributed by atoms with Gasteiger partial charge >= 0.3 is 6.18 Å². The molecule has 0 spiro atoms. The summed E-state index contributed by atoms with van der Waals surface area (Å²) in [6, 6.07) is 11.6. The first-order chi connectivity index (χ1) is 15.1. The van der Waals surface area contributed by atoms with Crippen LogP contribution in [0, 0.1) is 12.7 Å². The quantitative estimate of drug-likeness (QED) is 0.327. The highest BCUT2D eigenvalue weighted by Crippen LogP contribution is 2.34. The number of hydrogen-bond donors (Lipinski definition) is 0. The zero-order valence-electron chi connectivity index (χ0n) is 16.8. The standard InChI is InChI=1S/C22H15ClF4N4O/c1-12-6-7-13(10-17(12)32-18-9-8-14(11-28-18)22(25,26)27)21-29-20(30-31(21)2)19-15(23)4-3-5-16(19)24/h3-11H,1-2H3. The van der Waals surface area contributed by atoms with Gasteiger partial charge in [0.05, 0.1) is 16.1 Å². The van der Waals surface area contributed by atoms with E-state index in [1.807, 2.05) is 0 Å². The van der Waals surface area contributed by atoms with Crippen LogP contribution >= 0.6 is 11.6 Å². The van der Waals surface area contributed by atoms with Gasteiger partial charge in [-0.1, -0.05) is 29.8 Å². The molecular weight excluding hydrogens is 448 g/mol. The lowest BCUT2D eigenvalue weighted by atomic mass is 10.1. The number of halogens is 5. The molecule has 0 radical (unpaired) electrons. The van der Waals surface area contributed by atoms with Gasteiger partial charge in [-0.3, -0.25) is 0 Å². The smallest absolute Gasteiger partial charge is 0.417 e. The van der Waals surface area contributed by atoms with Gasteiger partial charge in [0.25, 0.3) is 0 Å². The maximum absolute atomic E-state index is 14.3. The zero-order chi connectivity index (χ0) is 23.0. The molecule has 0 saturated heterocycles. The molecule has 0 aliphatic heterocycles. The van der Waals surface area contributed by atoms with E-state index in [-0.39, 0.29) is 22.3 Å². The highest BCUT2D eigenvalue weighted by Gasteiger charge is 2.30. The van der Waals surface area contributed by atoms with Crippen molar-refractivity contribution in [1.29, 1.82) is 0 Å². The molecule has 5 nitrogen and oxygen atoms in total. The van der Waals surface area contributed by atoms with E-state index in [0.29, 0.717) is 23.3 Å². The van der Waals surface area contributed by atoms with Gasteiger partial charge in [0.1, 0.15) is 11.6 Å². The van der Waals surface area contributed by atoms with Crippen molar-refractivity contribution in [2.75, 3.05) is 0 Å². The van der Waals surface area contributed by atoms with Crippen LogP contribution in [0.3, 0.4) is 0 Å². The van der Waals surface area contributed by atoms with Crippen LogP contribution in [0.15, 0.2) is 54.7 Å². The molecule has 2 aromatic heterocycles. The number of rotatable bonds is 4. The molecule has 0 bridgehead atoms. The van der Waals surface area contributed by atoms with Crippen molar-refractivity contribution < 1.29 is 22.3 Å². The molecule has 164 valence electrons. The average Bonchev–Trinajstić information content (AvgIpc) is 3.10. The summed E-state index contributed by atoms with van der Waals surface area (Å²) < 4.78 is 59.6. The second kappa shape index (κ2) is 8.23. The maximum Gasteiger partial charge on any atom is 0.417 e. The van der Waals surface area contributed by atoms with Gasteiger partial charge in [-0.05, 0) is 36.8 Å². The summed E-state index contributed by atoms with van der Waals surface area (Å²) in [7, 11) is 1.65. The number of nitrogens with zero attached hydrogens (tertiary/aromatic N) is 4. The van der Waals surface area contributed by atoms with Crippen molar-refractivity contribution in [3.8, 4) is 34.4 Å². The van der Waals surface area contributed by atoms with Gasteiger partial charge in [0, 0.05) is 24.9 Å². The molecule has 0 amide bonds. The van der Waals surface area contributed by atoms with Crippen LogP contribution < -0.4 is 4.74 Å². The Bertz CT molecular complexity index is 1270. The van der Waals surface area contributed by atoms with Gasteiger partial charge in [-0.25, -0.2) is 19.0 Å². The Labute approximate surface area is 185 Å². The van der Waals surface area contributed by atoms with Gasteiger partial charge in [-0.2, -0.15) is 18.3 Å². The lowest BCUT2D eigenvalue weighted by Gasteiger charge is -2.11. The summed E-state index contributed by atoms with van der Waals surface area (Å²) in [6.45, 7) is 1.78. The third kappa shape index (κ3) is 4.29. The van der Waals surface area contributed by atoms with Crippen molar-refractivity contribution >= 4 is 11.6 Å². The first kappa shape index (κ1) is 21.8. The monoisotopic (exact) mass is 462 g/mol. The molecular formula is C22H15ClF4N4O. The van der Waals surface area contributed by atoms with Crippen LogP contribution in [-0.2, 0) is 13.2 Å². The topological polar surface area (TPSA) is 52.8 Å². The van der Waals surface area contributed by atoms with E-state index in [2.05, 4.69) is 15.1 Å². The number of pyridine rings is 1. The summed E-state index contributed by atoms with van der Waals surface area (Å²) in [4.78, 5) is 8.15. The fourth-order valence-electron chi connectivity index (χ4n) is 3.02. The first-order valence-electron chi connectivity index (χ1n) is 9.31. The molecule has 2 heterocycles. The Morgan fingerprint density at radius 1 is 1.06 bits per heavy atom. The van der Waals surface area contributed by atoms with Gasteiger partial charge in [0.15, 0.2) is 11.6 Å². The molecule has 0 aliphatic rings. The Morgan fingerprint density at radius 2 is 1.84 bits per heavy atom. The van der Waals surface area contributed by atoms with Crippen LogP contribution in [0.25, 0.3) is 22.8 Å². The van der Waals surface area contributed by atoms with Crippen molar-refractivity contribution in [2.45, 2.75) is 13.1 Å². The van der Waals surface area contributed by atoms with E-state index < -0.39 is 17.6 Å². The number of ether oxygens (including phenoxy) is 1. The third-order valence-electron chi connectivity index (χ3n) is 4.67. The van der Waals surface area contributed by atoms with Gasteiger partial charge in [-0.15, -0.1) is 0 Å². The third-order valence-corrected chi connectivity index (χ3v) is 4.99. The van der Waals surface area contributed by atoms with E-state index >= 15 is 0 Å². The minimum atomic E-state index is -4.48. The molecule has 0 atom stereocenters. The van der Waals surface area contributed by atoms with E-state index in [0.717, 1.165) is 17.7 Å². The Balaban J connectivity index is 1.67. The second-order valence-corrected chi connectivity index (χ2v) is 7.35. The molecule has 10 heteroatoms. The van der Waals surface area contributed by atoms with Crippen LogP contribution in [-0.4, -0.2) is 19.7 Å². The summed E-state index contributed by atoms with van der Waals surface area (Å²) in [6.07, 6.45) is -3.77. The molecule has 0 N–H and O–H groups in total. The average molecular weight is 463 g/mol. The number of benzene rings is 2. The van der Waals surface area contributed by atoms with Crippen molar-refractivity contribution in [3.63, 3.8) is 0 Å². The summed E-state index contributed by atoms with van der Waals surface area (Å²) >= 11 is 6.12. The lowest BCUT2D eigenvalue weighted by molar-refractivity contribution is -0.137. The second-order valence-electron chi connectivity index (χ2n) is 6.94. The Kier molecular flexibility index (Phi) is 5.60. The predicted octanol–water partition coefficient (Wildman–Crippen LogP) is 6.46. The van der Waals surface area contributed by atoms with Crippen LogP contribution in [0.5, 0.6) is 11.6 Å².